The lowest BCUT2D eigenvalue weighted by molar-refractivity contribution is -0.383. The molecule has 0 bridgehead atoms. The Labute approximate surface area is 167 Å². The second kappa shape index (κ2) is 9.85. The van der Waals surface area contributed by atoms with E-state index >= 15 is 0 Å². The summed E-state index contributed by atoms with van der Waals surface area (Å²) in [4.78, 5) is 22.0. The standard InChI is InChI=1S/C20H23N3O6/c21-20(24)14-3-8-19(23(25)26)18(12-14)22-15-4-6-16(7-5-15)28-10-11-29-17-2-1-9-27-13-17/h3-8,12,17,22H,1-2,9-11,13H2,(H2,21,24). The van der Waals surface area contributed by atoms with E-state index in [-0.39, 0.29) is 23.0 Å². The number of nitrogens with two attached hydrogens (primary N) is 1. The molecule has 1 atom stereocenters. The predicted octanol–water partition coefficient (Wildman–Crippen LogP) is 3.01. The molecule has 1 unspecified atom stereocenters. The number of rotatable bonds is 9. The fourth-order valence-electron chi connectivity index (χ4n) is 2.96. The molecule has 1 aliphatic rings. The van der Waals surface area contributed by atoms with Gasteiger partial charge in [0.1, 0.15) is 18.0 Å². The van der Waals surface area contributed by atoms with Crippen LogP contribution in [0.5, 0.6) is 5.75 Å². The first kappa shape index (κ1) is 20.6. The lowest BCUT2D eigenvalue weighted by atomic mass is 10.1. The molecule has 3 N–H and O–H groups in total. The molecule has 2 aromatic rings. The molecule has 29 heavy (non-hydrogen) atoms. The Kier molecular flexibility index (Phi) is 6.99. The molecule has 0 radical (unpaired) electrons. The van der Waals surface area contributed by atoms with E-state index in [1.807, 2.05) is 0 Å². The molecule has 0 spiro atoms. The van der Waals surface area contributed by atoms with Crippen molar-refractivity contribution in [2.24, 2.45) is 5.73 Å². The van der Waals surface area contributed by atoms with Crippen molar-refractivity contribution in [3.8, 4) is 5.75 Å². The monoisotopic (exact) mass is 401 g/mol. The molecule has 2 aromatic carbocycles. The van der Waals surface area contributed by atoms with Gasteiger partial charge in [0, 0.05) is 23.9 Å². The maximum Gasteiger partial charge on any atom is 0.292 e. The van der Waals surface area contributed by atoms with Crippen molar-refractivity contribution in [2.45, 2.75) is 18.9 Å². The van der Waals surface area contributed by atoms with Gasteiger partial charge >= 0.3 is 0 Å². The van der Waals surface area contributed by atoms with Crippen molar-refractivity contribution in [3.05, 3.63) is 58.1 Å². The topological polar surface area (TPSA) is 126 Å². The maximum absolute atomic E-state index is 11.3. The molecule has 9 nitrogen and oxygen atoms in total. The van der Waals surface area contributed by atoms with Crippen LogP contribution >= 0.6 is 0 Å². The molecular formula is C20H23N3O6. The van der Waals surface area contributed by atoms with Crippen molar-refractivity contribution in [1.82, 2.24) is 0 Å². The highest BCUT2D eigenvalue weighted by molar-refractivity contribution is 5.95. The van der Waals surface area contributed by atoms with E-state index in [1.54, 1.807) is 24.3 Å². The van der Waals surface area contributed by atoms with E-state index in [0.29, 0.717) is 31.3 Å². The molecule has 154 valence electrons. The normalized spacial score (nSPS) is 16.2. The number of nitrogens with zero attached hydrogens (tertiary/aromatic N) is 1. The van der Waals surface area contributed by atoms with Crippen molar-refractivity contribution < 1.29 is 23.9 Å². The maximum atomic E-state index is 11.3. The van der Waals surface area contributed by atoms with Gasteiger partial charge in [0.15, 0.2) is 0 Å². The van der Waals surface area contributed by atoms with Gasteiger partial charge in [0.2, 0.25) is 5.91 Å². The second-order valence-electron chi connectivity index (χ2n) is 6.56. The number of ether oxygens (including phenoxy) is 3. The molecule has 1 amide bonds. The Balaban J connectivity index is 1.55. The van der Waals surface area contributed by atoms with Crippen molar-refractivity contribution in [3.63, 3.8) is 0 Å². The van der Waals surface area contributed by atoms with E-state index in [9.17, 15) is 14.9 Å². The molecule has 1 saturated heterocycles. The highest BCUT2D eigenvalue weighted by Gasteiger charge is 2.16. The van der Waals surface area contributed by atoms with Crippen LogP contribution in [0.25, 0.3) is 0 Å². The Morgan fingerprint density at radius 2 is 2.03 bits per heavy atom. The number of nitro benzene ring substituents is 1. The van der Waals surface area contributed by atoms with Crippen LogP contribution in [0.2, 0.25) is 0 Å². The van der Waals surface area contributed by atoms with Crippen LogP contribution in [0, 0.1) is 10.1 Å². The molecular weight excluding hydrogens is 378 g/mol. The number of carbonyl (C=O) groups excluding carboxylic acids is 1. The van der Waals surface area contributed by atoms with E-state index in [1.165, 1.54) is 18.2 Å². The number of amides is 1. The fraction of sp³-hybridized carbons (Fsp3) is 0.350. The number of hydrogen-bond acceptors (Lipinski definition) is 7. The molecule has 1 fully saturated rings. The molecule has 0 aliphatic carbocycles. The summed E-state index contributed by atoms with van der Waals surface area (Å²) in [6, 6.07) is 10.9. The summed E-state index contributed by atoms with van der Waals surface area (Å²) < 4.78 is 16.7. The predicted molar refractivity (Wildman–Crippen MR) is 107 cm³/mol. The number of benzene rings is 2. The summed E-state index contributed by atoms with van der Waals surface area (Å²) in [5.41, 5.74) is 6.08. The van der Waals surface area contributed by atoms with Crippen molar-refractivity contribution in [2.75, 3.05) is 31.7 Å². The van der Waals surface area contributed by atoms with Crippen LogP contribution in [0.4, 0.5) is 17.1 Å². The van der Waals surface area contributed by atoms with Crippen molar-refractivity contribution in [1.29, 1.82) is 0 Å². The molecule has 0 saturated carbocycles. The highest BCUT2D eigenvalue weighted by atomic mass is 16.6. The van der Waals surface area contributed by atoms with E-state index < -0.39 is 10.8 Å². The smallest absolute Gasteiger partial charge is 0.292 e. The first-order chi connectivity index (χ1) is 14.0. The van der Waals surface area contributed by atoms with E-state index in [2.05, 4.69) is 5.32 Å². The minimum absolute atomic E-state index is 0.130. The minimum Gasteiger partial charge on any atom is -0.491 e. The van der Waals surface area contributed by atoms with Gasteiger partial charge in [-0.05, 0) is 49.2 Å². The molecule has 0 aromatic heterocycles. The lowest BCUT2D eigenvalue weighted by Crippen LogP contribution is -2.27. The van der Waals surface area contributed by atoms with Gasteiger partial charge in [-0.15, -0.1) is 0 Å². The van der Waals surface area contributed by atoms with Crippen LogP contribution in [-0.4, -0.2) is 43.4 Å². The zero-order chi connectivity index (χ0) is 20.6. The summed E-state index contributed by atoms with van der Waals surface area (Å²) in [6.45, 7) is 2.31. The summed E-state index contributed by atoms with van der Waals surface area (Å²) in [6.07, 6.45) is 2.15. The molecule has 1 aliphatic heterocycles. The highest BCUT2D eigenvalue weighted by Crippen LogP contribution is 2.29. The number of primary amides is 1. The number of nitro groups is 1. The van der Waals surface area contributed by atoms with Gasteiger partial charge < -0.3 is 25.3 Å². The van der Waals surface area contributed by atoms with E-state index in [4.69, 9.17) is 19.9 Å². The quantitative estimate of drug-likeness (QED) is 0.376. The molecule has 3 rings (SSSR count). The van der Waals surface area contributed by atoms with Crippen LogP contribution in [-0.2, 0) is 9.47 Å². The van der Waals surface area contributed by atoms with Crippen LogP contribution in [0.15, 0.2) is 42.5 Å². The van der Waals surface area contributed by atoms with Crippen molar-refractivity contribution >= 4 is 23.0 Å². The van der Waals surface area contributed by atoms with Crippen LogP contribution in [0.3, 0.4) is 0 Å². The third-order valence-corrected chi connectivity index (χ3v) is 4.44. The number of carbonyl (C=O) groups is 1. The first-order valence-corrected chi connectivity index (χ1v) is 9.30. The van der Waals surface area contributed by atoms with E-state index in [0.717, 1.165) is 19.4 Å². The lowest BCUT2D eigenvalue weighted by Gasteiger charge is -2.22. The Morgan fingerprint density at radius 1 is 1.24 bits per heavy atom. The zero-order valence-corrected chi connectivity index (χ0v) is 15.8. The van der Waals surface area contributed by atoms with Gasteiger partial charge in [-0.3, -0.25) is 14.9 Å². The number of anilines is 2. The fourth-order valence-corrected chi connectivity index (χ4v) is 2.96. The Bertz CT molecular complexity index is 850. The number of hydrogen-bond donors (Lipinski definition) is 2. The SMILES string of the molecule is NC(=O)c1ccc([N+](=O)[O-])c(Nc2ccc(OCCOC3CCCOC3)cc2)c1. The van der Waals surface area contributed by atoms with Gasteiger partial charge in [0.25, 0.3) is 5.69 Å². The van der Waals surface area contributed by atoms with Gasteiger partial charge in [-0.25, -0.2) is 0 Å². The second-order valence-corrected chi connectivity index (χ2v) is 6.56. The largest absolute Gasteiger partial charge is 0.491 e. The minimum atomic E-state index is -0.659. The van der Waals surface area contributed by atoms with Crippen LogP contribution < -0.4 is 15.8 Å². The average Bonchev–Trinajstić information content (AvgIpc) is 2.73. The molecule has 1 heterocycles. The van der Waals surface area contributed by atoms with Crippen LogP contribution in [0.1, 0.15) is 23.2 Å². The summed E-state index contributed by atoms with van der Waals surface area (Å²) in [7, 11) is 0. The molecule has 9 heteroatoms. The zero-order valence-electron chi connectivity index (χ0n) is 15.8. The third kappa shape index (κ3) is 5.90. The summed E-state index contributed by atoms with van der Waals surface area (Å²) in [5.74, 6) is -0.00636. The first-order valence-electron chi connectivity index (χ1n) is 9.30. The number of nitrogens with one attached hydrogen (secondary N) is 1. The third-order valence-electron chi connectivity index (χ3n) is 4.44. The Hall–Kier alpha value is -3.17. The summed E-state index contributed by atoms with van der Waals surface area (Å²) in [5, 5.41) is 14.2. The Morgan fingerprint density at radius 3 is 2.69 bits per heavy atom. The van der Waals surface area contributed by atoms with Gasteiger partial charge in [-0.2, -0.15) is 0 Å². The van der Waals surface area contributed by atoms with Gasteiger partial charge in [-0.1, -0.05) is 0 Å². The average molecular weight is 401 g/mol. The summed E-state index contributed by atoms with van der Waals surface area (Å²) >= 11 is 0. The van der Waals surface area contributed by atoms with Gasteiger partial charge in [0.05, 0.1) is 24.2 Å².